The minimum absolute atomic E-state index is 0.0539. The number of carbonyl (C=O) groups excluding carboxylic acids is 1. The molecule has 0 saturated carbocycles. The van der Waals surface area contributed by atoms with E-state index in [0.717, 1.165) is 17.8 Å². The van der Waals surface area contributed by atoms with Crippen molar-refractivity contribution < 1.29 is 13.9 Å². The molecule has 0 radical (unpaired) electrons. The van der Waals surface area contributed by atoms with Gasteiger partial charge in [-0.3, -0.25) is 10.2 Å². The van der Waals surface area contributed by atoms with Crippen LogP contribution in [0.3, 0.4) is 0 Å². The highest BCUT2D eigenvalue weighted by molar-refractivity contribution is 6.10. The molecule has 9 heteroatoms. The SMILES string of the molecule is CN/C(C)=C(\C=N)c1ccc(NC(=N)C2=C(N[C@H]3CCOC3)CCN(C(C)=O)C2)c(F)c1. The Balaban J connectivity index is 1.84. The van der Waals surface area contributed by atoms with E-state index < -0.39 is 5.82 Å². The Hall–Kier alpha value is -3.20. The molecule has 2 aliphatic heterocycles. The molecule has 5 N–H and O–H groups in total. The number of nitrogens with one attached hydrogen (secondary N) is 5. The van der Waals surface area contributed by atoms with Crippen LogP contribution in [0.2, 0.25) is 0 Å². The van der Waals surface area contributed by atoms with Crippen molar-refractivity contribution in [2.75, 3.05) is 38.7 Å². The lowest BCUT2D eigenvalue weighted by molar-refractivity contribution is -0.128. The zero-order valence-electron chi connectivity index (χ0n) is 18.8. The summed E-state index contributed by atoms with van der Waals surface area (Å²) in [5, 5.41) is 25.6. The summed E-state index contributed by atoms with van der Waals surface area (Å²) in [5.41, 5.74) is 3.63. The van der Waals surface area contributed by atoms with E-state index in [0.29, 0.717) is 49.4 Å². The number of nitrogens with zero attached hydrogens (tertiary/aromatic N) is 1. The van der Waals surface area contributed by atoms with Gasteiger partial charge in [0.05, 0.1) is 24.9 Å². The number of hydrogen-bond donors (Lipinski definition) is 5. The van der Waals surface area contributed by atoms with Gasteiger partial charge < -0.3 is 31.0 Å². The number of benzene rings is 1. The lowest BCUT2D eigenvalue weighted by Crippen LogP contribution is -2.42. The second kappa shape index (κ2) is 10.4. The van der Waals surface area contributed by atoms with Gasteiger partial charge in [-0.05, 0) is 31.0 Å². The number of allylic oxidation sites excluding steroid dienone is 2. The van der Waals surface area contributed by atoms with Crippen molar-refractivity contribution in [1.82, 2.24) is 15.5 Å². The monoisotopic (exact) mass is 442 g/mol. The molecule has 1 fully saturated rings. The first-order valence-electron chi connectivity index (χ1n) is 10.7. The minimum Gasteiger partial charge on any atom is -0.391 e. The summed E-state index contributed by atoms with van der Waals surface area (Å²) in [4.78, 5) is 13.6. The molecule has 0 aromatic heterocycles. The summed E-state index contributed by atoms with van der Waals surface area (Å²) in [6.07, 6.45) is 2.68. The van der Waals surface area contributed by atoms with Crippen molar-refractivity contribution in [3.63, 3.8) is 0 Å². The summed E-state index contributed by atoms with van der Waals surface area (Å²) in [7, 11) is 1.75. The third-order valence-corrected chi connectivity index (χ3v) is 5.86. The topological polar surface area (TPSA) is 113 Å². The van der Waals surface area contributed by atoms with Gasteiger partial charge in [-0.25, -0.2) is 4.39 Å². The molecule has 0 aliphatic carbocycles. The van der Waals surface area contributed by atoms with Gasteiger partial charge >= 0.3 is 0 Å². The maximum atomic E-state index is 14.9. The largest absolute Gasteiger partial charge is 0.391 e. The molecule has 1 atom stereocenters. The summed E-state index contributed by atoms with van der Waals surface area (Å²) >= 11 is 0. The average molecular weight is 443 g/mol. The predicted molar refractivity (Wildman–Crippen MR) is 124 cm³/mol. The molecule has 32 heavy (non-hydrogen) atoms. The molecular weight excluding hydrogens is 411 g/mol. The van der Waals surface area contributed by atoms with Crippen LogP contribution < -0.4 is 16.0 Å². The molecule has 1 aromatic carbocycles. The molecule has 8 nitrogen and oxygen atoms in total. The number of amides is 1. The Bertz CT molecular complexity index is 965. The van der Waals surface area contributed by atoms with Crippen LogP contribution in [-0.4, -0.2) is 62.3 Å². The van der Waals surface area contributed by atoms with E-state index in [1.807, 2.05) is 6.92 Å². The van der Waals surface area contributed by atoms with Crippen molar-refractivity contribution in [3.8, 4) is 0 Å². The fourth-order valence-electron chi connectivity index (χ4n) is 3.85. The molecule has 2 heterocycles. The van der Waals surface area contributed by atoms with Crippen LogP contribution in [-0.2, 0) is 9.53 Å². The van der Waals surface area contributed by atoms with Gasteiger partial charge in [0.25, 0.3) is 0 Å². The molecule has 1 amide bonds. The van der Waals surface area contributed by atoms with Crippen LogP contribution in [0.4, 0.5) is 10.1 Å². The summed E-state index contributed by atoms with van der Waals surface area (Å²) < 4.78 is 20.3. The van der Waals surface area contributed by atoms with Crippen LogP contribution in [0.5, 0.6) is 0 Å². The number of amidine groups is 1. The second-order valence-corrected chi connectivity index (χ2v) is 7.98. The molecule has 0 spiro atoms. The van der Waals surface area contributed by atoms with Crippen molar-refractivity contribution in [3.05, 3.63) is 46.5 Å². The Morgan fingerprint density at radius 3 is 2.72 bits per heavy atom. The predicted octanol–water partition coefficient (Wildman–Crippen LogP) is 2.70. The van der Waals surface area contributed by atoms with E-state index in [4.69, 9.17) is 15.6 Å². The maximum absolute atomic E-state index is 14.9. The van der Waals surface area contributed by atoms with Gasteiger partial charge in [-0.15, -0.1) is 0 Å². The van der Waals surface area contributed by atoms with Crippen LogP contribution in [0, 0.1) is 16.6 Å². The quantitative estimate of drug-likeness (QED) is 0.329. The molecule has 172 valence electrons. The zero-order valence-corrected chi connectivity index (χ0v) is 18.8. The molecule has 2 aliphatic rings. The fraction of sp³-hybridized carbons (Fsp3) is 0.435. The Labute approximate surface area is 187 Å². The Morgan fingerprint density at radius 1 is 1.34 bits per heavy atom. The Kier molecular flexibility index (Phi) is 7.63. The highest BCUT2D eigenvalue weighted by Crippen LogP contribution is 2.24. The number of carbonyl (C=O) groups is 1. The van der Waals surface area contributed by atoms with Gasteiger partial charge in [0.1, 0.15) is 11.7 Å². The van der Waals surface area contributed by atoms with Crippen LogP contribution >= 0.6 is 0 Å². The molecule has 3 rings (SSSR count). The van der Waals surface area contributed by atoms with Gasteiger partial charge in [-0.1, -0.05) is 6.07 Å². The van der Waals surface area contributed by atoms with E-state index in [9.17, 15) is 9.18 Å². The molecule has 1 saturated heterocycles. The average Bonchev–Trinajstić information content (AvgIpc) is 3.29. The summed E-state index contributed by atoms with van der Waals surface area (Å²) in [5.74, 6) is -0.521. The highest BCUT2D eigenvalue weighted by atomic mass is 19.1. The van der Waals surface area contributed by atoms with Gasteiger partial charge in [0, 0.05) is 62.3 Å². The third kappa shape index (κ3) is 5.34. The number of anilines is 1. The first-order valence-corrected chi connectivity index (χ1v) is 10.7. The maximum Gasteiger partial charge on any atom is 0.219 e. The molecular formula is C23H31FN6O2. The lowest BCUT2D eigenvalue weighted by Gasteiger charge is -2.32. The standard InChI is InChI=1S/C23H31FN6O2/c1-14(27-3)18(11-25)16-4-5-22(20(24)10-16)29-23(26)19-12-30(15(2)31)8-6-21(19)28-17-7-9-32-13-17/h4-5,10-11,17,25,27-28H,6-9,12-13H2,1-3H3,(H2,26,29)/b18-14+,25-11?/t17-/m0/s1. The number of halogens is 1. The Morgan fingerprint density at radius 2 is 2.12 bits per heavy atom. The first-order chi connectivity index (χ1) is 15.3. The summed E-state index contributed by atoms with van der Waals surface area (Å²) in [6.45, 7) is 5.51. The van der Waals surface area contributed by atoms with E-state index in [-0.39, 0.29) is 23.5 Å². The minimum atomic E-state index is -0.519. The fourth-order valence-corrected chi connectivity index (χ4v) is 3.85. The number of rotatable bonds is 7. The smallest absolute Gasteiger partial charge is 0.219 e. The van der Waals surface area contributed by atoms with Crippen molar-refractivity contribution in [1.29, 1.82) is 10.8 Å². The normalized spacial score (nSPS) is 19.4. The zero-order chi connectivity index (χ0) is 23.3. The number of hydrogen-bond acceptors (Lipinski definition) is 6. The highest BCUT2D eigenvalue weighted by Gasteiger charge is 2.26. The van der Waals surface area contributed by atoms with Gasteiger partial charge in [-0.2, -0.15) is 0 Å². The molecule has 0 bridgehead atoms. The summed E-state index contributed by atoms with van der Waals surface area (Å²) in [6, 6.07) is 4.81. The van der Waals surface area contributed by atoms with E-state index >= 15 is 0 Å². The van der Waals surface area contributed by atoms with Crippen LogP contribution in [0.1, 0.15) is 32.3 Å². The van der Waals surface area contributed by atoms with Crippen LogP contribution in [0.15, 0.2) is 35.2 Å². The van der Waals surface area contributed by atoms with E-state index in [1.54, 1.807) is 24.1 Å². The second-order valence-electron chi connectivity index (χ2n) is 7.98. The third-order valence-electron chi connectivity index (χ3n) is 5.86. The molecule has 1 aromatic rings. The van der Waals surface area contributed by atoms with Crippen LogP contribution in [0.25, 0.3) is 5.57 Å². The van der Waals surface area contributed by atoms with Crippen molar-refractivity contribution in [2.24, 2.45) is 0 Å². The van der Waals surface area contributed by atoms with E-state index in [2.05, 4.69) is 16.0 Å². The molecule has 0 unspecified atom stereocenters. The van der Waals surface area contributed by atoms with Crippen molar-refractivity contribution >= 4 is 29.2 Å². The van der Waals surface area contributed by atoms with Gasteiger partial charge in [0.15, 0.2) is 0 Å². The number of ether oxygens (including phenoxy) is 1. The van der Waals surface area contributed by atoms with Gasteiger partial charge in [0.2, 0.25) is 5.91 Å². The lowest BCUT2D eigenvalue weighted by atomic mass is 10.0. The first kappa shape index (κ1) is 23.5. The van der Waals surface area contributed by atoms with E-state index in [1.165, 1.54) is 19.2 Å². The van der Waals surface area contributed by atoms with Crippen molar-refractivity contribution in [2.45, 2.75) is 32.7 Å².